The summed E-state index contributed by atoms with van der Waals surface area (Å²) < 4.78 is 30.7. The summed E-state index contributed by atoms with van der Waals surface area (Å²) in [6.07, 6.45) is 3.03. The molecule has 1 rings (SSSR count). The van der Waals surface area contributed by atoms with Gasteiger partial charge in [-0.3, -0.25) is 14.3 Å². The molecule has 0 aliphatic heterocycles. The zero-order valence-electron chi connectivity index (χ0n) is 22.7. The lowest BCUT2D eigenvalue weighted by atomic mass is 10.2. The smallest absolute Gasteiger partial charge is 0.251 e. The number of carbonyl (C=O) groups is 2. The van der Waals surface area contributed by atoms with Crippen LogP contribution in [0.4, 0.5) is 0 Å². The highest BCUT2D eigenvalue weighted by molar-refractivity contribution is 8.76. The lowest BCUT2D eigenvalue weighted by molar-refractivity contribution is -0.121. The summed E-state index contributed by atoms with van der Waals surface area (Å²) in [4.78, 5) is 23.9. The van der Waals surface area contributed by atoms with Crippen LogP contribution in [0.15, 0.2) is 24.3 Å². The number of hydrogen-bond acceptors (Lipinski definition) is 11. The molecule has 0 spiro atoms. The predicted molar refractivity (Wildman–Crippen MR) is 160 cm³/mol. The van der Waals surface area contributed by atoms with E-state index >= 15 is 0 Å². The molecule has 0 aliphatic rings. The topological polar surface area (TPSA) is 116 Å². The second-order valence-corrected chi connectivity index (χ2v) is 10.7. The van der Waals surface area contributed by atoms with Crippen molar-refractivity contribution < 1.29 is 33.3 Å². The molecule has 220 valence electrons. The molecule has 1 aromatic carbocycles. The first-order valence-corrected chi connectivity index (χ1v) is 15.8. The number of thiol groups is 1. The number of rotatable bonds is 24. The molecule has 0 aliphatic carbocycles. The quantitative estimate of drug-likeness (QED) is 0.0462. The number of hydrogen-bond donors (Lipinski definition) is 4. The van der Waals surface area contributed by atoms with E-state index in [1.54, 1.807) is 46.7 Å². The van der Waals surface area contributed by atoms with Gasteiger partial charge >= 0.3 is 0 Å². The van der Waals surface area contributed by atoms with Crippen LogP contribution in [-0.2, 0) is 23.7 Å². The van der Waals surface area contributed by atoms with Crippen LogP contribution in [-0.4, -0.2) is 96.0 Å². The first-order chi connectivity index (χ1) is 19.1. The molecule has 1 aromatic rings. The highest BCUT2D eigenvalue weighted by Gasteiger charge is 2.12. The molecule has 0 bridgehead atoms. The molecule has 10 nitrogen and oxygen atoms in total. The summed E-state index contributed by atoms with van der Waals surface area (Å²) in [5.74, 6) is 5.95. The Balaban J connectivity index is 2.10. The van der Waals surface area contributed by atoms with Crippen molar-refractivity contribution in [3.05, 3.63) is 29.8 Å². The maximum absolute atomic E-state index is 12.2. The van der Waals surface area contributed by atoms with Gasteiger partial charge in [-0.15, -0.1) is 5.92 Å². The Bertz CT molecular complexity index is 856. The first-order valence-electron chi connectivity index (χ1n) is 12.7. The lowest BCUT2D eigenvalue weighted by Crippen LogP contribution is -2.29. The SMILES string of the molecule is CC#CCOCCNC(=O)CCCOCCOCCOC(COc1cccc(C(=O)NCCNS)c1)SSC. The van der Waals surface area contributed by atoms with E-state index in [9.17, 15) is 9.59 Å². The summed E-state index contributed by atoms with van der Waals surface area (Å²) >= 11 is 3.90. The highest BCUT2D eigenvalue weighted by atomic mass is 33.1. The Hall–Kier alpha value is -1.63. The lowest BCUT2D eigenvalue weighted by Gasteiger charge is -2.17. The Morgan fingerprint density at radius 2 is 1.79 bits per heavy atom. The third-order valence-electron chi connectivity index (χ3n) is 4.72. The third kappa shape index (κ3) is 20.0. The monoisotopic (exact) mass is 603 g/mol. The van der Waals surface area contributed by atoms with Gasteiger partial charge in [-0.05, 0) is 37.8 Å². The van der Waals surface area contributed by atoms with Crippen molar-refractivity contribution in [3.8, 4) is 17.6 Å². The Morgan fingerprint density at radius 1 is 1.00 bits per heavy atom. The zero-order chi connectivity index (χ0) is 28.4. The third-order valence-corrected chi connectivity index (χ3v) is 6.85. The van der Waals surface area contributed by atoms with Crippen molar-refractivity contribution >= 4 is 46.2 Å². The predicted octanol–water partition coefficient (Wildman–Crippen LogP) is 2.55. The average Bonchev–Trinajstić information content (AvgIpc) is 2.94. The molecule has 0 aromatic heterocycles. The van der Waals surface area contributed by atoms with Gasteiger partial charge in [0.1, 0.15) is 24.4 Å². The number of amides is 2. The van der Waals surface area contributed by atoms with Crippen molar-refractivity contribution in [2.75, 3.05) is 78.7 Å². The molecule has 0 fully saturated rings. The Kier molecular flexibility index (Phi) is 23.0. The number of nitrogens with one attached hydrogen (secondary N) is 3. The number of benzene rings is 1. The molecule has 3 N–H and O–H groups in total. The molecular weight excluding hydrogens is 563 g/mol. The van der Waals surface area contributed by atoms with Crippen molar-refractivity contribution in [1.82, 2.24) is 15.4 Å². The number of carbonyl (C=O) groups excluding carboxylic acids is 2. The normalized spacial score (nSPS) is 11.4. The van der Waals surface area contributed by atoms with Crippen LogP contribution in [0.3, 0.4) is 0 Å². The van der Waals surface area contributed by atoms with E-state index in [2.05, 4.69) is 40.0 Å². The Morgan fingerprint density at radius 3 is 2.56 bits per heavy atom. The van der Waals surface area contributed by atoms with Gasteiger partial charge in [0.05, 0.1) is 33.0 Å². The van der Waals surface area contributed by atoms with Crippen molar-refractivity contribution in [1.29, 1.82) is 0 Å². The summed E-state index contributed by atoms with van der Waals surface area (Å²) in [5, 5.41) is 5.60. The standard InChI is InChI=1S/C26H41N3O7S3/c1-3-4-13-32-15-12-27-24(30)9-6-14-33-16-17-34-18-19-35-25(39-38-2)21-36-23-8-5-7-22(20-23)26(31)28-10-11-29-37/h5,7-8,20,25,29,37H,6,9-19,21H2,1-2H3,(H,27,30)(H,28,31). The largest absolute Gasteiger partial charge is 0.490 e. The van der Waals surface area contributed by atoms with Crippen LogP contribution >= 0.6 is 34.4 Å². The molecule has 0 saturated carbocycles. The average molecular weight is 604 g/mol. The van der Waals surface area contributed by atoms with Gasteiger partial charge in [0.25, 0.3) is 5.91 Å². The summed E-state index contributed by atoms with van der Waals surface area (Å²) in [5.41, 5.74) is 0.335. The Labute approximate surface area is 245 Å². The van der Waals surface area contributed by atoms with Crippen molar-refractivity contribution in [3.63, 3.8) is 0 Å². The molecule has 13 heteroatoms. The molecule has 0 radical (unpaired) electrons. The second kappa shape index (κ2) is 25.3. The van der Waals surface area contributed by atoms with Crippen molar-refractivity contribution in [2.24, 2.45) is 0 Å². The van der Waals surface area contributed by atoms with E-state index in [1.807, 2.05) is 12.3 Å². The van der Waals surface area contributed by atoms with E-state index in [4.69, 9.17) is 23.7 Å². The second-order valence-electron chi connectivity index (χ2n) is 7.72. The first kappa shape index (κ1) is 35.4. The van der Waals surface area contributed by atoms with Gasteiger partial charge < -0.3 is 34.3 Å². The van der Waals surface area contributed by atoms with Crippen LogP contribution in [0.5, 0.6) is 5.75 Å². The van der Waals surface area contributed by atoms with E-state index in [1.165, 1.54) is 0 Å². The summed E-state index contributed by atoms with van der Waals surface area (Å²) in [6.45, 7) is 6.69. The molecule has 2 amide bonds. The minimum atomic E-state index is -0.193. The van der Waals surface area contributed by atoms with Gasteiger partial charge in [-0.1, -0.05) is 46.4 Å². The molecule has 0 heterocycles. The molecule has 1 unspecified atom stereocenters. The van der Waals surface area contributed by atoms with Gasteiger partial charge in [0.15, 0.2) is 0 Å². The van der Waals surface area contributed by atoms with E-state index in [0.29, 0.717) is 96.6 Å². The van der Waals surface area contributed by atoms with Crippen LogP contribution in [0.1, 0.15) is 30.1 Å². The van der Waals surface area contributed by atoms with Crippen LogP contribution in [0, 0.1) is 11.8 Å². The van der Waals surface area contributed by atoms with Crippen molar-refractivity contribution in [2.45, 2.75) is 25.2 Å². The highest BCUT2D eigenvalue weighted by Crippen LogP contribution is 2.25. The van der Waals surface area contributed by atoms with Gasteiger partial charge in [0.2, 0.25) is 5.91 Å². The molecule has 39 heavy (non-hydrogen) atoms. The van der Waals surface area contributed by atoms with Gasteiger partial charge in [0, 0.05) is 38.2 Å². The van der Waals surface area contributed by atoms with Crippen LogP contribution in [0.25, 0.3) is 0 Å². The minimum Gasteiger partial charge on any atom is -0.490 e. The van der Waals surface area contributed by atoms with E-state index in [0.717, 1.165) is 0 Å². The van der Waals surface area contributed by atoms with Gasteiger partial charge in [-0.25, -0.2) is 0 Å². The maximum Gasteiger partial charge on any atom is 0.251 e. The fraction of sp³-hybridized carbons (Fsp3) is 0.615. The molecular formula is C26H41N3O7S3. The fourth-order valence-electron chi connectivity index (χ4n) is 2.88. The van der Waals surface area contributed by atoms with Gasteiger partial charge in [-0.2, -0.15) is 0 Å². The fourth-order valence-corrected chi connectivity index (χ4v) is 4.46. The molecule has 0 saturated heterocycles. The zero-order valence-corrected chi connectivity index (χ0v) is 25.2. The summed E-state index contributed by atoms with van der Waals surface area (Å²) in [6, 6.07) is 7.04. The minimum absolute atomic E-state index is 0.0188. The molecule has 1 atom stereocenters. The van der Waals surface area contributed by atoms with E-state index < -0.39 is 0 Å². The van der Waals surface area contributed by atoms with Crippen LogP contribution in [0.2, 0.25) is 0 Å². The summed E-state index contributed by atoms with van der Waals surface area (Å²) in [7, 11) is 3.15. The van der Waals surface area contributed by atoms with E-state index in [-0.39, 0.29) is 17.3 Å². The maximum atomic E-state index is 12.2. The number of ether oxygens (including phenoxy) is 5. The van der Waals surface area contributed by atoms with Crippen LogP contribution < -0.4 is 20.1 Å².